The highest BCUT2D eigenvalue weighted by molar-refractivity contribution is 7.80. The lowest BCUT2D eigenvalue weighted by atomic mass is 10.1. The fraction of sp³-hybridized carbons (Fsp3) is 0.800. The normalized spacial score (nSPS) is 13.0. The smallest absolute Gasteiger partial charge is 0.307 e. The summed E-state index contributed by atoms with van der Waals surface area (Å²) in [6.07, 6.45) is 0.398. The van der Waals surface area contributed by atoms with Gasteiger partial charge in [-0.1, -0.05) is 0 Å². The number of nitrogens with one attached hydrogen (secondary N) is 1. The lowest BCUT2D eigenvalue weighted by molar-refractivity contribution is -0.141. The van der Waals surface area contributed by atoms with Gasteiger partial charge in [0.15, 0.2) is 0 Å². The van der Waals surface area contributed by atoms with Crippen LogP contribution in [0.15, 0.2) is 0 Å². The van der Waals surface area contributed by atoms with Gasteiger partial charge in [0.05, 0.1) is 5.92 Å². The molecular weight excluding hydrogens is 154 g/mol. The number of aliphatic carboxylic acids is 1. The molecule has 0 aromatic rings. The highest BCUT2D eigenvalue weighted by Gasteiger charge is 2.13. The Labute approximate surface area is 64.6 Å². The van der Waals surface area contributed by atoms with E-state index in [4.69, 9.17) is 10.3 Å². The maximum atomic E-state index is 10.3. The van der Waals surface area contributed by atoms with Crippen LogP contribution in [0.1, 0.15) is 6.42 Å². The summed E-state index contributed by atoms with van der Waals surface area (Å²) < 4.78 is 0. The maximum Gasteiger partial charge on any atom is 0.307 e. The van der Waals surface area contributed by atoms with Crippen molar-refractivity contribution in [1.82, 2.24) is 5.48 Å². The average molecular weight is 165 g/mol. The molecule has 0 rings (SSSR count). The first-order chi connectivity index (χ1) is 4.72. The van der Waals surface area contributed by atoms with Gasteiger partial charge in [-0.2, -0.15) is 12.6 Å². The van der Waals surface area contributed by atoms with Crippen LogP contribution in [0.3, 0.4) is 0 Å². The molecule has 4 nitrogen and oxygen atoms in total. The summed E-state index contributed by atoms with van der Waals surface area (Å²) in [6.45, 7) is 0.289. The summed E-state index contributed by atoms with van der Waals surface area (Å²) in [5, 5.41) is 16.6. The number of hydrogen-bond donors (Lipinski definition) is 4. The molecule has 0 spiro atoms. The molecule has 10 heavy (non-hydrogen) atoms. The second-order valence-corrected chi connectivity index (χ2v) is 2.28. The third kappa shape index (κ3) is 3.71. The molecule has 0 aliphatic heterocycles. The Morgan fingerprint density at radius 2 is 2.30 bits per heavy atom. The van der Waals surface area contributed by atoms with Crippen LogP contribution in [-0.2, 0) is 4.79 Å². The van der Waals surface area contributed by atoms with Crippen molar-refractivity contribution >= 4 is 18.6 Å². The fourth-order valence-electron chi connectivity index (χ4n) is 0.532. The molecule has 60 valence electrons. The van der Waals surface area contributed by atoms with Gasteiger partial charge in [-0.3, -0.25) is 4.79 Å². The predicted molar refractivity (Wildman–Crippen MR) is 39.4 cm³/mol. The molecule has 0 saturated heterocycles. The van der Waals surface area contributed by atoms with Crippen molar-refractivity contribution in [2.75, 3.05) is 12.3 Å². The monoisotopic (exact) mass is 165 g/mol. The SMILES string of the molecule is O=C(O)[C@@H](CS)CCNO. The van der Waals surface area contributed by atoms with Crippen molar-refractivity contribution < 1.29 is 15.1 Å². The molecule has 0 bridgehead atoms. The number of carboxylic acids is 1. The van der Waals surface area contributed by atoms with E-state index < -0.39 is 11.9 Å². The van der Waals surface area contributed by atoms with E-state index in [9.17, 15) is 4.79 Å². The van der Waals surface area contributed by atoms with E-state index in [0.29, 0.717) is 12.2 Å². The van der Waals surface area contributed by atoms with Crippen LogP contribution < -0.4 is 5.48 Å². The Hall–Kier alpha value is -0.260. The molecule has 0 aromatic carbocycles. The third-order valence-electron chi connectivity index (χ3n) is 1.17. The molecule has 0 radical (unpaired) electrons. The van der Waals surface area contributed by atoms with Gasteiger partial charge in [0.2, 0.25) is 0 Å². The number of carboxylic acid groups (broad SMARTS) is 1. The second-order valence-electron chi connectivity index (χ2n) is 1.91. The van der Waals surface area contributed by atoms with Crippen LogP contribution in [0.5, 0.6) is 0 Å². The molecule has 0 aliphatic rings. The summed E-state index contributed by atoms with van der Waals surface area (Å²) in [6, 6.07) is 0. The third-order valence-corrected chi connectivity index (χ3v) is 1.62. The summed E-state index contributed by atoms with van der Waals surface area (Å²) in [5.74, 6) is -1.04. The number of hydroxylamine groups is 1. The standard InChI is InChI=1S/C5H11NO3S/c7-5(8)4(3-10)1-2-6-9/h4,6,9-10H,1-3H2,(H,7,8)/t4-/m1/s1. The highest BCUT2D eigenvalue weighted by atomic mass is 32.1. The van der Waals surface area contributed by atoms with Crippen molar-refractivity contribution in [3.63, 3.8) is 0 Å². The number of hydrogen-bond acceptors (Lipinski definition) is 4. The van der Waals surface area contributed by atoms with E-state index in [-0.39, 0.29) is 6.54 Å². The summed E-state index contributed by atoms with van der Waals surface area (Å²) >= 11 is 3.84. The van der Waals surface area contributed by atoms with Gasteiger partial charge in [0, 0.05) is 12.3 Å². The molecule has 0 unspecified atom stereocenters. The van der Waals surface area contributed by atoms with Crippen LogP contribution in [0.25, 0.3) is 0 Å². The molecule has 0 heterocycles. The minimum Gasteiger partial charge on any atom is -0.481 e. The van der Waals surface area contributed by atoms with Crippen molar-refractivity contribution in [1.29, 1.82) is 0 Å². The topological polar surface area (TPSA) is 69.6 Å². The number of thiol groups is 1. The first-order valence-electron chi connectivity index (χ1n) is 2.93. The van der Waals surface area contributed by atoms with Gasteiger partial charge in [-0.25, -0.2) is 5.48 Å². The molecule has 0 amide bonds. The predicted octanol–water partition coefficient (Wildman–Crippen LogP) is -0.0141. The van der Waals surface area contributed by atoms with Crippen LogP contribution in [0.2, 0.25) is 0 Å². The summed E-state index contributed by atoms with van der Waals surface area (Å²) in [5.41, 5.74) is 1.89. The minimum absolute atomic E-state index is 0.289. The fourth-order valence-corrected chi connectivity index (χ4v) is 0.870. The minimum atomic E-state index is -0.870. The molecule has 5 heteroatoms. The van der Waals surface area contributed by atoms with Crippen LogP contribution in [0, 0.1) is 5.92 Å². The van der Waals surface area contributed by atoms with Crippen molar-refractivity contribution in [3.8, 4) is 0 Å². The zero-order chi connectivity index (χ0) is 7.98. The van der Waals surface area contributed by atoms with Gasteiger partial charge in [0.25, 0.3) is 0 Å². The van der Waals surface area contributed by atoms with Gasteiger partial charge < -0.3 is 10.3 Å². The van der Waals surface area contributed by atoms with E-state index in [1.165, 1.54) is 0 Å². The highest BCUT2D eigenvalue weighted by Crippen LogP contribution is 2.03. The largest absolute Gasteiger partial charge is 0.481 e. The van der Waals surface area contributed by atoms with Crippen molar-refractivity contribution in [3.05, 3.63) is 0 Å². The van der Waals surface area contributed by atoms with E-state index >= 15 is 0 Å². The average Bonchev–Trinajstić information content (AvgIpc) is 1.89. The molecule has 0 aromatic heterocycles. The van der Waals surface area contributed by atoms with Gasteiger partial charge in [0.1, 0.15) is 0 Å². The van der Waals surface area contributed by atoms with Crippen molar-refractivity contribution in [2.24, 2.45) is 5.92 Å². The quantitative estimate of drug-likeness (QED) is 0.341. The Kier molecular flexibility index (Phi) is 5.38. The van der Waals surface area contributed by atoms with Crippen LogP contribution >= 0.6 is 12.6 Å². The Bertz CT molecular complexity index is 109. The molecular formula is C5H11NO3S. The van der Waals surface area contributed by atoms with Gasteiger partial charge >= 0.3 is 5.97 Å². The lowest BCUT2D eigenvalue weighted by Crippen LogP contribution is -2.21. The zero-order valence-electron chi connectivity index (χ0n) is 5.45. The zero-order valence-corrected chi connectivity index (χ0v) is 6.34. The van der Waals surface area contributed by atoms with Crippen molar-refractivity contribution in [2.45, 2.75) is 6.42 Å². The summed E-state index contributed by atoms with van der Waals surface area (Å²) in [4.78, 5) is 10.3. The number of rotatable bonds is 5. The van der Waals surface area contributed by atoms with Gasteiger partial charge in [-0.15, -0.1) is 0 Å². The van der Waals surface area contributed by atoms with Crippen LogP contribution in [0.4, 0.5) is 0 Å². The lowest BCUT2D eigenvalue weighted by Gasteiger charge is -2.06. The van der Waals surface area contributed by atoms with E-state index in [1.54, 1.807) is 0 Å². The Balaban J connectivity index is 3.50. The Morgan fingerprint density at radius 3 is 2.60 bits per heavy atom. The molecule has 0 saturated carbocycles. The summed E-state index contributed by atoms with van der Waals surface area (Å²) in [7, 11) is 0. The van der Waals surface area contributed by atoms with E-state index in [1.807, 2.05) is 5.48 Å². The first kappa shape index (κ1) is 9.74. The van der Waals surface area contributed by atoms with E-state index in [2.05, 4.69) is 12.6 Å². The molecule has 1 atom stereocenters. The number of carbonyl (C=O) groups is 1. The first-order valence-corrected chi connectivity index (χ1v) is 3.56. The van der Waals surface area contributed by atoms with Gasteiger partial charge in [-0.05, 0) is 6.42 Å². The molecule has 3 N–H and O–H groups in total. The van der Waals surface area contributed by atoms with Crippen LogP contribution in [-0.4, -0.2) is 28.6 Å². The molecule has 0 aliphatic carbocycles. The molecule has 0 fully saturated rings. The second kappa shape index (κ2) is 5.52. The van der Waals surface area contributed by atoms with E-state index in [0.717, 1.165) is 0 Å². The maximum absolute atomic E-state index is 10.3. The Morgan fingerprint density at radius 1 is 1.70 bits per heavy atom.